The first-order valence-electron chi connectivity index (χ1n) is 6.75. The number of carbonyl (C=O) groups is 1. The van der Waals surface area contributed by atoms with Gasteiger partial charge in [0.15, 0.2) is 9.84 Å². The first kappa shape index (κ1) is 16.1. The number of sulfone groups is 1. The van der Waals surface area contributed by atoms with Crippen molar-refractivity contribution in [3.63, 3.8) is 0 Å². The molecule has 0 unspecified atom stereocenters. The molecule has 0 saturated carbocycles. The SMILES string of the molecule is O=C(CS(=O)(=O)c1c[nH]c2cc(F)cc(F)c12)Nc1cccnc1. The minimum absolute atomic E-state index is 0.00116. The molecule has 0 aliphatic rings. The average molecular weight is 351 g/mol. The molecule has 1 aromatic carbocycles. The number of fused-ring (bicyclic) bond motifs is 1. The number of carbonyl (C=O) groups excluding carboxylic acids is 1. The number of nitrogens with zero attached hydrogens (tertiary/aromatic N) is 1. The van der Waals surface area contributed by atoms with Crippen LogP contribution in [0.1, 0.15) is 0 Å². The zero-order chi connectivity index (χ0) is 17.3. The molecule has 6 nitrogen and oxygen atoms in total. The molecule has 124 valence electrons. The lowest BCUT2D eigenvalue weighted by atomic mass is 10.2. The van der Waals surface area contributed by atoms with Crippen LogP contribution in [0.5, 0.6) is 0 Å². The van der Waals surface area contributed by atoms with E-state index in [1.165, 1.54) is 12.4 Å². The van der Waals surface area contributed by atoms with E-state index in [0.717, 1.165) is 12.3 Å². The number of halogens is 2. The van der Waals surface area contributed by atoms with E-state index in [0.29, 0.717) is 11.8 Å². The van der Waals surface area contributed by atoms with Crippen LogP contribution in [0.25, 0.3) is 10.9 Å². The topological polar surface area (TPSA) is 91.9 Å². The summed E-state index contributed by atoms with van der Waals surface area (Å²) in [5, 5.41) is 2.11. The second kappa shape index (κ2) is 6.00. The van der Waals surface area contributed by atoms with Crippen LogP contribution in [0.4, 0.5) is 14.5 Å². The summed E-state index contributed by atoms with van der Waals surface area (Å²) in [6, 6.07) is 4.69. The summed E-state index contributed by atoms with van der Waals surface area (Å²) in [6.45, 7) is 0. The third-order valence-electron chi connectivity index (χ3n) is 3.26. The average Bonchev–Trinajstić information content (AvgIpc) is 2.92. The van der Waals surface area contributed by atoms with E-state index in [4.69, 9.17) is 0 Å². The van der Waals surface area contributed by atoms with E-state index in [9.17, 15) is 22.0 Å². The molecule has 3 rings (SSSR count). The van der Waals surface area contributed by atoms with Gasteiger partial charge >= 0.3 is 0 Å². The fourth-order valence-corrected chi connectivity index (χ4v) is 3.61. The molecule has 0 aliphatic carbocycles. The van der Waals surface area contributed by atoms with Gasteiger partial charge in [0.05, 0.1) is 27.7 Å². The van der Waals surface area contributed by atoms with Crippen molar-refractivity contribution in [2.75, 3.05) is 11.1 Å². The minimum atomic E-state index is -4.12. The first-order valence-corrected chi connectivity index (χ1v) is 8.41. The Bertz CT molecular complexity index is 1020. The molecule has 9 heteroatoms. The lowest BCUT2D eigenvalue weighted by molar-refractivity contribution is -0.113. The summed E-state index contributed by atoms with van der Waals surface area (Å²) in [6.07, 6.45) is 3.90. The van der Waals surface area contributed by atoms with Crippen LogP contribution in [-0.2, 0) is 14.6 Å². The van der Waals surface area contributed by atoms with Crippen LogP contribution in [0.15, 0.2) is 47.8 Å². The Labute approximate surface area is 135 Å². The van der Waals surface area contributed by atoms with Gasteiger partial charge in [-0.15, -0.1) is 0 Å². The number of nitrogens with one attached hydrogen (secondary N) is 2. The van der Waals surface area contributed by atoms with Gasteiger partial charge in [0.25, 0.3) is 0 Å². The van der Waals surface area contributed by atoms with Gasteiger partial charge in [0.2, 0.25) is 5.91 Å². The maximum Gasteiger partial charge on any atom is 0.240 e. The van der Waals surface area contributed by atoms with Crippen LogP contribution in [0.2, 0.25) is 0 Å². The molecule has 2 N–H and O–H groups in total. The van der Waals surface area contributed by atoms with Gasteiger partial charge in [-0.25, -0.2) is 17.2 Å². The highest BCUT2D eigenvalue weighted by Crippen LogP contribution is 2.27. The second-order valence-electron chi connectivity index (χ2n) is 5.01. The van der Waals surface area contributed by atoms with Crippen molar-refractivity contribution < 1.29 is 22.0 Å². The lowest BCUT2D eigenvalue weighted by Crippen LogP contribution is -2.23. The van der Waals surface area contributed by atoms with Crippen molar-refractivity contribution in [3.8, 4) is 0 Å². The molecule has 2 aromatic heterocycles. The highest BCUT2D eigenvalue weighted by Gasteiger charge is 2.25. The molecule has 3 aromatic rings. The molecular weight excluding hydrogens is 340 g/mol. The molecule has 1 amide bonds. The quantitative estimate of drug-likeness (QED) is 0.754. The normalized spacial score (nSPS) is 11.6. The minimum Gasteiger partial charge on any atom is -0.360 e. The van der Waals surface area contributed by atoms with E-state index >= 15 is 0 Å². The standard InChI is InChI=1S/C15H11F2N3O3S/c16-9-4-11(17)15-12(5-9)19-7-13(15)24(22,23)8-14(21)20-10-2-1-3-18-6-10/h1-7,19H,8H2,(H,20,21). The van der Waals surface area contributed by atoms with E-state index in [2.05, 4.69) is 15.3 Å². The number of rotatable bonds is 4. The van der Waals surface area contributed by atoms with Crippen LogP contribution in [-0.4, -0.2) is 30.0 Å². The Morgan fingerprint density at radius 2 is 2.08 bits per heavy atom. The van der Waals surface area contributed by atoms with Gasteiger partial charge in [0, 0.05) is 18.5 Å². The molecule has 24 heavy (non-hydrogen) atoms. The van der Waals surface area contributed by atoms with Crippen LogP contribution in [0.3, 0.4) is 0 Å². The number of hydrogen-bond acceptors (Lipinski definition) is 4. The molecule has 0 aliphatic heterocycles. The predicted octanol–water partition coefficient (Wildman–Crippen LogP) is 2.25. The van der Waals surface area contributed by atoms with E-state index in [-0.39, 0.29) is 10.9 Å². The number of H-pyrrole nitrogens is 1. The molecule has 0 radical (unpaired) electrons. The van der Waals surface area contributed by atoms with Gasteiger partial charge in [-0.2, -0.15) is 0 Å². The Morgan fingerprint density at radius 1 is 1.29 bits per heavy atom. The summed E-state index contributed by atoms with van der Waals surface area (Å²) < 4.78 is 51.9. The van der Waals surface area contributed by atoms with Gasteiger partial charge in [0.1, 0.15) is 17.4 Å². The summed E-state index contributed by atoms with van der Waals surface area (Å²) in [5.74, 6) is -3.52. The third kappa shape index (κ3) is 3.11. The third-order valence-corrected chi connectivity index (χ3v) is 4.90. The van der Waals surface area contributed by atoms with Gasteiger partial charge in [-0.1, -0.05) is 0 Å². The molecular formula is C15H11F2N3O3S. The van der Waals surface area contributed by atoms with Crippen LogP contribution < -0.4 is 5.32 Å². The molecule has 2 heterocycles. The summed E-state index contributed by atoms with van der Waals surface area (Å²) >= 11 is 0. The number of anilines is 1. The number of hydrogen-bond donors (Lipinski definition) is 2. The summed E-state index contributed by atoms with van der Waals surface area (Å²) in [4.78, 5) is 17.8. The van der Waals surface area contributed by atoms with E-state index in [1.807, 2.05) is 0 Å². The number of pyridine rings is 1. The zero-order valence-electron chi connectivity index (χ0n) is 12.1. The monoisotopic (exact) mass is 351 g/mol. The van der Waals surface area contributed by atoms with Crippen molar-refractivity contribution in [1.82, 2.24) is 9.97 Å². The molecule has 0 spiro atoms. The zero-order valence-corrected chi connectivity index (χ0v) is 12.9. The predicted molar refractivity (Wildman–Crippen MR) is 83.1 cm³/mol. The Morgan fingerprint density at radius 3 is 2.79 bits per heavy atom. The highest BCUT2D eigenvalue weighted by molar-refractivity contribution is 7.92. The van der Waals surface area contributed by atoms with Crippen LogP contribution in [0, 0.1) is 11.6 Å². The van der Waals surface area contributed by atoms with Gasteiger partial charge in [-0.05, 0) is 18.2 Å². The van der Waals surface area contributed by atoms with Crippen molar-refractivity contribution in [2.45, 2.75) is 4.90 Å². The molecule has 0 atom stereocenters. The van der Waals surface area contributed by atoms with Crippen molar-refractivity contribution in [2.24, 2.45) is 0 Å². The molecule has 0 saturated heterocycles. The van der Waals surface area contributed by atoms with E-state index < -0.39 is 38.0 Å². The second-order valence-corrected chi connectivity index (χ2v) is 6.97. The fraction of sp³-hybridized carbons (Fsp3) is 0.0667. The number of benzene rings is 1. The van der Waals surface area contributed by atoms with Crippen LogP contribution >= 0.6 is 0 Å². The maximum atomic E-state index is 13.9. The smallest absolute Gasteiger partial charge is 0.240 e. The molecule has 0 bridgehead atoms. The highest BCUT2D eigenvalue weighted by atomic mass is 32.2. The lowest BCUT2D eigenvalue weighted by Gasteiger charge is -2.06. The Hall–Kier alpha value is -2.81. The first-order chi connectivity index (χ1) is 11.4. The number of aromatic amines is 1. The van der Waals surface area contributed by atoms with Crippen molar-refractivity contribution in [1.29, 1.82) is 0 Å². The Kier molecular flexibility index (Phi) is 4.02. The largest absolute Gasteiger partial charge is 0.360 e. The summed E-state index contributed by atoms with van der Waals surface area (Å²) in [5.41, 5.74) is 0.337. The maximum absolute atomic E-state index is 13.9. The number of amides is 1. The summed E-state index contributed by atoms with van der Waals surface area (Å²) in [7, 11) is -4.12. The number of aromatic nitrogens is 2. The fourth-order valence-electron chi connectivity index (χ4n) is 2.28. The van der Waals surface area contributed by atoms with E-state index in [1.54, 1.807) is 12.1 Å². The molecule has 0 fully saturated rings. The Balaban J connectivity index is 1.90. The van der Waals surface area contributed by atoms with Gasteiger partial charge < -0.3 is 10.3 Å². The van der Waals surface area contributed by atoms with Gasteiger partial charge in [-0.3, -0.25) is 9.78 Å². The van der Waals surface area contributed by atoms with Crippen molar-refractivity contribution in [3.05, 3.63) is 54.5 Å². The van der Waals surface area contributed by atoms with Crippen molar-refractivity contribution >= 4 is 32.3 Å².